The first-order valence-electron chi connectivity index (χ1n) is 9.01. The number of nitrogens with zero attached hydrogens (tertiary/aromatic N) is 2. The number of para-hydroxylation sites is 1. The van der Waals surface area contributed by atoms with Gasteiger partial charge >= 0.3 is 12.1 Å². The maximum Gasteiger partial charge on any atom is 0.471 e. The summed E-state index contributed by atoms with van der Waals surface area (Å²) in [5, 5.41) is 4.74. The van der Waals surface area contributed by atoms with E-state index in [1.54, 1.807) is 10.7 Å². The lowest BCUT2D eigenvalue weighted by Gasteiger charge is -2.31. The molecule has 1 aliphatic rings. The number of halogens is 3. The van der Waals surface area contributed by atoms with E-state index < -0.39 is 12.1 Å². The Morgan fingerprint density at radius 3 is 2.79 bits per heavy atom. The first-order chi connectivity index (χ1) is 13.4. The molecule has 3 heterocycles. The van der Waals surface area contributed by atoms with Gasteiger partial charge in [-0.25, -0.2) is 4.98 Å². The van der Waals surface area contributed by atoms with Crippen LogP contribution in [0.5, 0.6) is 0 Å². The van der Waals surface area contributed by atoms with Gasteiger partial charge in [-0.2, -0.15) is 13.2 Å². The van der Waals surface area contributed by atoms with E-state index in [0.29, 0.717) is 18.2 Å². The number of aromatic amines is 1. The molecule has 0 unspecified atom stereocenters. The van der Waals surface area contributed by atoms with Crippen molar-refractivity contribution in [1.29, 1.82) is 0 Å². The molecule has 3 aromatic rings. The van der Waals surface area contributed by atoms with Crippen LogP contribution in [0.25, 0.3) is 10.9 Å². The maximum atomic E-state index is 12.3. The van der Waals surface area contributed by atoms with Crippen LogP contribution in [-0.2, 0) is 11.3 Å². The third-order valence-corrected chi connectivity index (χ3v) is 5.87. The first-order valence-corrected chi connectivity index (χ1v) is 9.89. The van der Waals surface area contributed by atoms with Gasteiger partial charge in [0.1, 0.15) is 0 Å². The lowest BCUT2D eigenvalue weighted by Crippen LogP contribution is -2.32. The molecule has 2 aromatic heterocycles. The molecule has 0 bridgehead atoms. The van der Waals surface area contributed by atoms with Gasteiger partial charge in [0.05, 0.1) is 5.69 Å². The van der Waals surface area contributed by atoms with Crippen molar-refractivity contribution in [1.82, 2.24) is 14.9 Å². The highest BCUT2D eigenvalue weighted by Crippen LogP contribution is 2.33. The minimum atomic E-state index is -4.91. The third-order valence-electron chi connectivity index (χ3n) is 5.06. The van der Waals surface area contributed by atoms with Gasteiger partial charge < -0.3 is 4.98 Å². The Labute approximate surface area is 163 Å². The van der Waals surface area contributed by atoms with E-state index in [-0.39, 0.29) is 5.13 Å². The molecule has 148 valence electrons. The number of hydrogen-bond donors (Lipinski definition) is 2. The summed E-state index contributed by atoms with van der Waals surface area (Å²) in [7, 11) is 0. The molecule has 1 saturated heterocycles. The van der Waals surface area contributed by atoms with Crippen LogP contribution in [0.1, 0.15) is 30.0 Å². The topological polar surface area (TPSA) is 61.0 Å². The van der Waals surface area contributed by atoms with Crippen LogP contribution in [0.3, 0.4) is 0 Å². The predicted octanol–water partition coefficient (Wildman–Crippen LogP) is 4.50. The van der Waals surface area contributed by atoms with Crippen LogP contribution >= 0.6 is 11.3 Å². The molecule has 2 N–H and O–H groups in total. The zero-order chi connectivity index (χ0) is 19.7. The Balaban J connectivity index is 1.33. The molecule has 1 fully saturated rings. The zero-order valence-electron chi connectivity index (χ0n) is 14.9. The fourth-order valence-electron chi connectivity index (χ4n) is 3.67. The van der Waals surface area contributed by atoms with Gasteiger partial charge in [0.2, 0.25) is 0 Å². The number of fused-ring (bicyclic) bond motifs is 1. The van der Waals surface area contributed by atoms with E-state index in [1.165, 1.54) is 10.9 Å². The fraction of sp³-hybridized carbons (Fsp3) is 0.368. The third kappa shape index (κ3) is 4.05. The van der Waals surface area contributed by atoms with Crippen molar-refractivity contribution >= 4 is 33.3 Å². The minimum absolute atomic E-state index is 0.0222. The van der Waals surface area contributed by atoms with E-state index in [0.717, 1.165) is 42.8 Å². The second-order valence-electron chi connectivity index (χ2n) is 6.94. The average Bonchev–Trinajstić information content (AvgIpc) is 3.28. The van der Waals surface area contributed by atoms with E-state index in [1.807, 2.05) is 12.1 Å². The summed E-state index contributed by atoms with van der Waals surface area (Å²) in [5.74, 6) is -1.50. The Kier molecular flexibility index (Phi) is 5.11. The Morgan fingerprint density at radius 2 is 2.04 bits per heavy atom. The molecular formula is C19H19F3N4OS. The summed E-state index contributed by atoms with van der Waals surface area (Å²) in [4.78, 5) is 20.7. The van der Waals surface area contributed by atoms with Gasteiger partial charge in [-0.15, -0.1) is 11.3 Å². The summed E-state index contributed by atoms with van der Waals surface area (Å²) < 4.78 is 37.0. The quantitative estimate of drug-likeness (QED) is 0.668. The standard InChI is InChI=1S/C19H19F3N4OS/c20-19(21,22)17(27)25-18-24-13(11-28-18)10-26-7-5-12(6-8-26)15-9-23-16-4-2-1-3-14(15)16/h1-4,9,11-12,23H,5-8,10H2,(H,24,25,27). The first kappa shape index (κ1) is 18.9. The Hall–Kier alpha value is -2.39. The largest absolute Gasteiger partial charge is 0.471 e. The lowest BCUT2D eigenvalue weighted by atomic mass is 9.89. The number of hydrogen-bond acceptors (Lipinski definition) is 4. The number of thiazole rings is 1. The molecule has 1 aromatic carbocycles. The van der Waals surface area contributed by atoms with Crippen LogP contribution in [0.2, 0.25) is 0 Å². The van der Waals surface area contributed by atoms with Crippen LogP contribution in [0.15, 0.2) is 35.8 Å². The van der Waals surface area contributed by atoms with E-state index in [2.05, 4.69) is 33.2 Å². The number of anilines is 1. The summed E-state index contributed by atoms with van der Waals surface area (Å²) >= 11 is 1.01. The molecule has 4 rings (SSSR count). The van der Waals surface area contributed by atoms with E-state index in [9.17, 15) is 18.0 Å². The summed E-state index contributed by atoms with van der Waals surface area (Å²) in [6, 6.07) is 8.28. The van der Waals surface area contributed by atoms with Gasteiger partial charge in [-0.05, 0) is 43.5 Å². The van der Waals surface area contributed by atoms with Gasteiger partial charge in [0.25, 0.3) is 0 Å². The summed E-state index contributed by atoms with van der Waals surface area (Å²) in [6.07, 6.45) is -0.773. The van der Waals surface area contributed by atoms with Gasteiger partial charge in [0.15, 0.2) is 5.13 Å². The maximum absolute atomic E-state index is 12.3. The molecule has 0 saturated carbocycles. The van der Waals surface area contributed by atoms with Crippen LogP contribution in [0.4, 0.5) is 18.3 Å². The number of carbonyl (C=O) groups excluding carboxylic acids is 1. The lowest BCUT2D eigenvalue weighted by molar-refractivity contribution is -0.167. The minimum Gasteiger partial charge on any atom is -0.361 e. The number of aromatic nitrogens is 2. The van der Waals surface area contributed by atoms with Crippen molar-refractivity contribution in [2.24, 2.45) is 0 Å². The van der Waals surface area contributed by atoms with Crippen molar-refractivity contribution in [3.8, 4) is 0 Å². The van der Waals surface area contributed by atoms with Crippen molar-refractivity contribution in [3.05, 3.63) is 47.1 Å². The number of piperidine rings is 1. The highest BCUT2D eigenvalue weighted by atomic mass is 32.1. The van der Waals surface area contributed by atoms with Crippen molar-refractivity contribution in [2.75, 3.05) is 18.4 Å². The number of H-pyrrole nitrogens is 1. The second-order valence-corrected chi connectivity index (χ2v) is 7.79. The van der Waals surface area contributed by atoms with Gasteiger partial charge in [-0.1, -0.05) is 18.2 Å². The molecule has 1 aliphatic heterocycles. The van der Waals surface area contributed by atoms with Crippen LogP contribution in [-0.4, -0.2) is 40.0 Å². The number of amides is 1. The smallest absolute Gasteiger partial charge is 0.361 e. The second kappa shape index (κ2) is 7.56. The highest BCUT2D eigenvalue weighted by Gasteiger charge is 2.39. The highest BCUT2D eigenvalue weighted by molar-refractivity contribution is 7.13. The van der Waals surface area contributed by atoms with Crippen molar-refractivity contribution in [2.45, 2.75) is 31.5 Å². The van der Waals surface area contributed by atoms with Crippen molar-refractivity contribution < 1.29 is 18.0 Å². The van der Waals surface area contributed by atoms with E-state index >= 15 is 0 Å². The van der Waals surface area contributed by atoms with Gasteiger partial charge in [-0.3, -0.25) is 15.0 Å². The molecule has 0 atom stereocenters. The number of alkyl halides is 3. The Bertz CT molecular complexity index is 973. The van der Waals surface area contributed by atoms with Crippen molar-refractivity contribution in [3.63, 3.8) is 0 Å². The number of carbonyl (C=O) groups is 1. The summed E-state index contributed by atoms with van der Waals surface area (Å²) in [5.41, 5.74) is 3.17. The monoisotopic (exact) mass is 408 g/mol. The summed E-state index contributed by atoms with van der Waals surface area (Å²) in [6.45, 7) is 2.36. The SMILES string of the molecule is O=C(Nc1nc(CN2CCC(c3c[nH]c4ccccc34)CC2)cs1)C(F)(F)F. The molecule has 5 nitrogen and oxygen atoms in total. The molecule has 9 heteroatoms. The number of likely N-dealkylation sites (tertiary alicyclic amines) is 1. The number of rotatable bonds is 4. The normalized spacial score (nSPS) is 16.5. The predicted molar refractivity (Wildman–Crippen MR) is 102 cm³/mol. The fourth-order valence-corrected chi connectivity index (χ4v) is 4.36. The van der Waals surface area contributed by atoms with Crippen LogP contribution < -0.4 is 5.32 Å². The zero-order valence-corrected chi connectivity index (χ0v) is 15.7. The number of benzene rings is 1. The average molecular weight is 408 g/mol. The van der Waals surface area contributed by atoms with Gasteiger partial charge in [0, 0.05) is 29.0 Å². The molecule has 0 spiro atoms. The molecule has 28 heavy (non-hydrogen) atoms. The molecular weight excluding hydrogens is 389 g/mol. The number of nitrogens with one attached hydrogen (secondary N) is 2. The molecule has 0 radical (unpaired) electrons. The van der Waals surface area contributed by atoms with E-state index in [4.69, 9.17) is 0 Å². The van der Waals surface area contributed by atoms with Crippen LogP contribution in [0, 0.1) is 0 Å². The molecule has 1 amide bonds. The Morgan fingerprint density at radius 1 is 1.29 bits per heavy atom. The molecule has 0 aliphatic carbocycles.